The van der Waals surface area contributed by atoms with E-state index >= 15 is 0 Å². The lowest BCUT2D eigenvalue weighted by atomic mass is 9.52. The summed E-state index contributed by atoms with van der Waals surface area (Å²) >= 11 is 0. The van der Waals surface area contributed by atoms with Gasteiger partial charge in [-0.05, 0) is 80.6 Å². The molecule has 3 heteroatoms. The van der Waals surface area contributed by atoms with E-state index in [0.717, 1.165) is 42.6 Å². The van der Waals surface area contributed by atoms with E-state index in [2.05, 4.69) is 22.9 Å². The molecule has 1 aromatic heterocycles. The van der Waals surface area contributed by atoms with E-state index in [4.69, 9.17) is 5.73 Å². The molecule has 0 aliphatic heterocycles. The SMILES string of the molecule is CC(N)Cc1cnn(CC2C3CC4CC(C3)CC2C4)c1. The van der Waals surface area contributed by atoms with E-state index in [-0.39, 0.29) is 6.04 Å². The highest BCUT2D eigenvalue weighted by atomic mass is 15.3. The second-order valence-corrected chi connectivity index (χ2v) is 7.85. The van der Waals surface area contributed by atoms with Crippen LogP contribution in [0, 0.1) is 29.6 Å². The van der Waals surface area contributed by atoms with Crippen molar-refractivity contribution >= 4 is 0 Å². The van der Waals surface area contributed by atoms with Crippen LogP contribution in [0.25, 0.3) is 0 Å². The lowest BCUT2D eigenvalue weighted by Crippen LogP contribution is -2.46. The van der Waals surface area contributed by atoms with Crippen LogP contribution >= 0.6 is 0 Å². The minimum atomic E-state index is 0.230. The summed E-state index contributed by atoms with van der Waals surface area (Å²) in [6.45, 7) is 3.21. The Morgan fingerprint density at radius 1 is 1.20 bits per heavy atom. The highest BCUT2D eigenvalue weighted by molar-refractivity contribution is 5.06. The Hall–Kier alpha value is -0.830. The van der Waals surface area contributed by atoms with Gasteiger partial charge in [-0.3, -0.25) is 4.68 Å². The van der Waals surface area contributed by atoms with Crippen molar-refractivity contribution in [2.24, 2.45) is 35.3 Å². The predicted molar refractivity (Wildman–Crippen MR) is 80.1 cm³/mol. The Morgan fingerprint density at radius 2 is 1.85 bits per heavy atom. The van der Waals surface area contributed by atoms with Crippen molar-refractivity contribution in [3.8, 4) is 0 Å². The quantitative estimate of drug-likeness (QED) is 0.916. The molecule has 1 unspecified atom stereocenters. The average molecular weight is 273 g/mol. The van der Waals surface area contributed by atoms with Crippen LogP contribution in [0.4, 0.5) is 0 Å². The fourth-order valence-electron chi connectivity index (χ4n) is 5.54. The van der Waals surface area contributed by atoms with Crippen molar-refractivity contribution in [3.63, 3.8) is 0 Å². The highest BCUT2D eigenvalue weighted by Gasteiger charge is 2.48. The van der Waals surface area contributed by atoms with Crippen LogP contribution in [0.3, 0.4) is 0 Å². The van der Waals surface area contributed by atoms with Crippen LogP contribution in [0.15, 0.2) is 12.4 Å². The lowest BCUT2D eigenvalue weighted by Gasteiger charge is -2.54. The van der Waals surface area contributed by atoms with Crippen LogP contribution in [0.5, 0.6) is 0 Å². The third kappa shape index (κ3) is 2.30. The van der Waals surface area contributed by atoms with Gasteiger partial charge in [0.2, 0.25) is 0 Å². The zero-order valence-electron chi connectivity index (χ0n) is 12.5. The number of hydrogen-bond donors (Lipinski definition) is 1. The maximum Gasteiger partial charge on any atom is 0.0522 e. The van der Waals surface area contributed by atoms with E-state index in [1.54, 1.807) is 6.42 Å². The summed E-state index contributed by atoms with van der Waals surface area (Å²) in [5.74, 6) is 5.02. The third-order valence-electron chi connectivity index (χ3n) is 6.06. The average Bonchev–Trinajstić information content (AvgIpc) is 2.79. The Balaban J connectivity index is 1.45. The molecule has 1 atom stereocenters. The van der Waals surface area contributed by atoms with Crippen molar-refractivity contribution in [3.05, 3.63) is 18.0 Å². The normalized spacial score (nSPS) is 40.2. The molecule has 0 saturated heterocycles. The van der Waals surface area contributed by atoms with Crippen LogP contribution in [-0.2, 0) is 13.0 Å². The van der Waals surface area contributed by atoms with Gasteiger partial charge in [-0.1, -0.05) is 0 Å². The smallest absolute Gasteiger partial charge is 0.0522 e. The van der Waals surface area contributed by atoms with Gasteiger partial charge in [0.05, 0.1) is 6.20 Å². The number of rotatable bonds is 4. The lowest BCUT2D eigenvalue weighted by molar-refractivity contribution is -0.0442. The molecule has 110 valence electrons. The van der Waals surface area contributed by atoms with Crippen LogP contribution in [0.1, 0.15) is 44.6 Å². The highest BCUT2D eigenvalue weighted by Crippen LogP contribution is 2.56. The molecule has 0 spiro atoms. The molecule has 5 rings (SSSR count). The maximum absolute atomic E-state index is 5.88. The maximum atomic E-state index is 5.88. The molecule has 4 saturated carbocycles. The molecular weight excluding hydrogens is 246 g/mol. The van der Waals surface area contributed by atoms with Gasteiger partial charge in [-0.2, -0.15) is 5.10 Å². The van der Waals surface area contributed by atoms with E-state index in [1.165, 1.54) is 31.2 Å². The molecule has 20 heavy (non-hydrogen) atoms. The van der Waals surface area contributed by atoms with Crippen molar-refractivity contribution in [1.29, 1.82) is 0 Å². The fraction of sp³-hybridized carbons (Fsp3) is 0.824. The van der Waals surface area contributed by atoms with Crippen LogP contribution in [-0.4, -0.2) is 15.8 Å². The minimum absolute atomic E-state index is 0.230. The molecule has 1 heterocycles. The zero-order valence-corrected chi connectivity index (χ0v) is 12.5. The summed E-state index contributed by atoms with van der Waals surface area (Å²) in [6, 6.07) is 0.230. The first kappa shape index (κ1) is 12.9. The van der Waals surface area contributed by atoms with Crippen molar-refractivity contribution in [2.75, 3.05) is 0 Å². The second kappa shape index (κ2) is 4.87. The third-order valence-corrected chi connectivity index (χ3v) is 6.06. The van der Waals surface area contributed by atoms with Crippen molar-refractivity contribution in [1.82, 2.24) is 9.78 Å². The molecule has 1 aromatic rings. The first-order valence-electron chi connectivity index (χ1n) is 8.44. The summed E-state index contributed by atoms with van der Waals surface area (Å²) in [4.78, 5) is 0. The van der Waals surface area contributed by atoms with Crippen molar-refractivity contribution in [2.45, 2.75) is 58.0 Å². The molecule has 0 aromatic carbocycles. The summed E-state index contributed by atoms with van der Waals surface area (Å²) < 4.78 is 2.20. The van der Waals surface area contributed by atoms with E-state index < -0.39 is 0 Å². The zero-order chi connectivity index (χ0) is 13.7. The van der Waals surface area contributed by atoms with E-state index in [0.29, 0.717) is 0 Å². The molecule has 3 nitrogen and oxygen atoms in total. The Morgan fingerprint density at radius 3 is 2.45 bits per heavy atom. The number of nitrogens with zero attached hydrogens (tertiary/aromatic N) is 2. The van der Waals surface area contributed by atoms with Gasteiger partial charge in [0.25, 0.3) is 0 Å². The standard InChI is InChI=1S/C17H27N3/c1-11(18)2-14-8-19-20(9-14)10-17-15-4-12-3-13(6-15)7-16(17)5-12/h8-9,11-13,15-17H,2-7,10,18H2,1H3. The van der Waals surface area contributed by atoms with Gasteiger partial charge in [0.15, 0.2) is 0 Å². The van der Waals surface area contributed by atoms with Gasteiger partial charge in [0, 0.05) is 18.8 Å². The van der Waals surface area contributed by atoms with Gasteiger partial charge < -0.3 is 5.73 Å². The van der Waals surface area contributed by atoms with Crippen LogP contribution < -0.4 is 5.73 Å². The number of aromatic nitrogens is 2. The second-order valence-electron chi connectivity index (χ2n) is 7.85. The number of nitrogens with two attached hydrogens (primary N) is 1. The number of hydrogen-bond acceptors (Lipinski definition) is 2. The summed E-state index contributed by atoms with van der Waals surface area (Å²) in [5, 5.41) is 4.58. The molecular formula is C17H27N3. The topological polar surface area (TPSA) is 43.8 Å². The van der Waals surface area contributed by atoms with Gasteiger partial charge in [-0.25, -0.2) is 0 Å². The first-order valence-corrected chi connectivity index (χ1v) is 8.44. The van der Waals surface area contributed by atoms with Gasteiger partial charge in [0.1, 0.15) is 0 Å². The largest absolute Gasteiger partial charge is 0.328 e. The Bertz CT molecular complexity index is 448. The van der Waals surface area contributed by atoms with Gasteiger partial charge in [-0.15, -0.1) is 0 Å². The van der Waals surface area contributed by atoms with Crippen molar-refractivity contribution < 1.29 is 0 Å². The summed E-state index contributed by atoms with van der Waals surface area (Å²) in [5.41, 5.74) is 7.17. The molecule has 2 N–H and O–H groups in total. The predicted octanol–water partition coefficient (Wildman–Crippen LogP) is 2.85. The molecule has 4 bridgehead atoms. The summed E-state index contributed by atoms with van der Waals surface area (Å²) in [7, 11) is 0. The molecule has 4 aliphatic carbocycles. The van der Waals surface area contributed by atoms with Crippen LogP contribution in [0.2, 0.25) is 0 Å². The molecule has 4 fully saturated rings. The monoisotopic (exact) mass is 273 g/mol. The molecule has 0 amide bonds. The minimum Gasteiger partial charge on any atom is -0.328 e. The fourth-order valence-corrected chi connectivity index (χ4v) is 5.54. The van der Waals surface area contributed by atoms with Gasteiger partial charge >= 0.3 is 0 Å². The summed E-state index contributed by atoms with van der Waals surface area (Å²) in [6.07, 6.45) is 12.8. The molecule has 4 aliphatic rings. The van der Waals surface area contributed by atoms with E-state index in [9.17, 15) is 0 Å². The van der Waals surface area contributed by atoms with E-state index in [1.807, 2.05) is 6.20 Å². The Kier molecular flexibility index (Phi) is 3.13. The first-order chi connectivity index (χ1) is 9.67. The Labute approximate surface area is 121 Å². The molecule has 0 radical (unpaired) electrons.